The van der Waals surface area contributed by atoms with Gasteiger partial charge in [0.05, 0.1) is 0 Å². The first-order valence-corrected chi connectivity index (χ1v) is 4.92. The molecule has 1 aromatic heterocycles. The Labute approximate surface area is 91.1 Å². The Morgan fingerprint density at radius 1 is 1.40 bits per heavy atom. The molecule has 2 heteroatoms. The van der Waals surface area contributed by atoms with Gasteiger partial charge in [-0.1, -0.05) is 24.3 Å². The lowest BCUT2D eigenvalue weighted by atomic mass is 10.2. The number of nitrogens with zero attached hydrogens (tertiary/aromatic N) is 2. The van der Waals surface area contributed by atoms with E-state index in [0.717, 1.165) is 16.8 Å². The van der Waals surface area contributed by atoms with E-state index >= 15 is 0 Å². The molecule has 0 aliphatic carbocycles. The normalized spacial score (nSPS) is 12.9. The van der Waals surface area contributed by atoms with Gasteiger partial charge in [0.25, 0.3) is 0 Å². The van der Waals surface area contributed by atoms with Crippen LogP contribution in [0.2, 0.25) is 0 Å². The second-order valence-corrected chi connectivity index (χ2v) is 3.39. The van der Waals surface area contributed by atoms with Gasteiger partial charge in [0.1, 0.15) is 0 Å². The van der Waals surface area contributed by atoms with Crippen LogP contribution >= 0.6 is 0 Å². The van der Waals surface area contributed by atoms with Gasteiger partial charge in [0.2, 0.25) is 0 Å². The van der Waals surface area contributed by atoms with E-state index in [1.807, 2.05) is 50.6 Å². The molecule has 2 nitrogen and oxygen atoms in total. The lowest BCUT2D eigenvalue weighted by molar-refractivity contribution is 1.19. The van der Waals surface area contributed by atoms with E-state index < -0.39 is 0 Å². The van der Waals surface area contributed by atoms with Crippen LogP contribution in [0.15, 0.2) is 41.0 Å². The third-order valence-corrected chi connectivity index (χ3v) is 1.91. The van der Waals surface area contributed by atoms with Crippen molar-refractivity contribution in [3.8, 4) is 0 Å². The zero-order chi connectivity index (χ0) is 11.1. The van der Waals surface area contributed by atoms with Crippen LogP contribution in [0.25, 0.3) is 6.08 Å². The van der Waals surface area contributed by atoms with E-state index in [9.17, 15) is 0 Å². The highest BCUT2D eigenvalue weighted by atomic mass is 14.6. The zero-order valence-electron chi connectivity index (χ0n) is 9.44. The minimum Gasteiger partial charge on any atom is -0.296 e. The third-order valence-electron chi connectivity index (χ3n) is 1.91. The number of allylic oxidation sites excluding steroid dienone is 3. The molecule has 0 aromatic carbocycles. The minimum absolute atomic E-state index is 1.04. The van der Waals surface area contributed by atoms with Gasteiger partial charge >= 0.3 is 0 Å². The second kappa shape index (κ2) is 5.91. The average molecular weight is 200 g/mol. The van der Waals surface area contributed by atoms with E-state index in [2.05, 4.69) is 16.0 Å². The summed E-state index contributed by atoms with van der Waals surface area (Å²) in [5, 5.41) is 0. The van der Waals surface area contributed by atoms with Crippen molar-refractivity contribution in [1.29, 1.82) is 0 Å². The van der Waals surface area contributed by atoms with Crippen LogP contribution < -0.4 is 0 Å². The van der Waals surface area contributed by atoms with Gasteiger partial charge in [-0.25, -0.2) is 0 Å². The average Bonchev–Trinajstić information content (AvgIpc) is 2.21. The smallest absolute Gasteiger partial charge is 0.0373 e. The maximum atomic E-state index is 4.21. The van der Waals surface area contributed by atoms with Crippen molar-refractivity contribution in [1.82, 2.24) is 4.98 Å². The Bertz CT molecular complexity index is 384. The van der Waals surface area contributed by atoms with Crippen molar-refractivity contribution in [2.24, 2.45) is 4.99 Å². The highest BCUT2D eigenvalue weighted by Crippen LogP contribution is 2.02. The monoisotopic (exact) mass is 200 g/mol. The predicted octanol–water partition coefficient (Wildman–Crippen LogP) is 3.05. The van der Waals surface area contributed by atoms with Crippen molar-refractivity contribution >= 4 is 12.3 Å². The molecule has 0 saturated heterocycles. The summed E-state index contributed by atoms with van der Waals surface area (Å²) in [6, 6.07) is 4.06. The minimum atomic E-state index is 1.04. The molecule has 78 valence electrons. The highest BCUT2D eigenvalue weighted by molar-refractivity contribution is 5.78. The van der Waals surface area contributed by atoms with Crippen molar-refractivity contribution in [3.63, 3.8) is 0 Å². The Balaban J connectivity index is 2.66. The number of aliphatic imine (C=N–C) groups is 1. The van der Waals surface area contributed by atoms with E-state index in [1.54, 1.807) is 7.05 Å². The molecule has 0 unspecified atom stereocenters. The van der Waals surface area contributed by atoms with Crippen LogP contribution in [0.3, 0.4) is 0 Å². The standard InChI is InChI=1S/C13H16N2/c1-11(9-14-3)5-4-6-13-8-7-12(2)15-10-13/h4-10H,1-3H3/b6-4+,11-5-,14-9?. The Hall–Kier alpha value is -1.70. The van der Waals surface area contributed by atoms with Crippen molar-refractivity contribution in [2.45, 2.75) is 13.8 Å². The van der Waals surface area contributed by atoms with Gasteiger partial charge in [-0.2, -0.15) is 0 Å². The largest absolute Gasteiger partial charge is 0.296 e. The molecular weight excluding hydrogens is 184 g/mol. The van der Waals surface area contributed by atoms with Crippen LogP contribution in [0.1, 0.15) is 18.2 Å². The molecule has 0 bridgehead atoms. The molecule has 1 rings (SSSR count). The van der Waals surface area contributed by atoms with E-state index in [-0.39, 0.29) is 0 Å². The maximum Gasteiger partial charge on any atom is 0.0373 e. The summed E-state index contributed by atoms with van der Waals surface area (Å²) < 4.78 is 0. The maximum absolute atomic E-state index is 4.21. The third kappa shape index (κ3) is 4.36. The van der Waals surface area contributed by atoms with Crippen LogP contribution in [0, 0.1) is 6.92 Å². The molecule has 0 atom stereocenters. The van der Waals surface area contributed by atoms with E-state index in [4.69, 9.17) is 0 Å². The number of aryl methyl sites for hydroxylation is 1. The lowest BCUT2D eigenvalue weighted by Gasteiger charge is -1.92. The number of hydrogen-bond acceptors (Lipinski definition) is 2. The predicted molar refractivity (Wildman–Crippen MR) is 66.2 cm³/mol. The summed E-state index contributed by atoms with van der Waals surface area (Å²) in [4.78, 5) is 8.15. The summed E-state index contributed by atoms with van der Waals surface area (Å²) >= 11 is 0. The van der Waals surface area contributed by atoms with E-state index in [0.29, 0.717) is 0 Å². The number of pyridine rings is 1. The van der Waals surface area contributed by atoms with Gasteiger partial charge in [-0.15, -0.1) is 0 Å². The van der Waals surface area contributed by atoms with Crippen LogP contribution in [-0.4, -0.2) is 18.2 Å². The number of aromatic nitrogens is 1. The molecule has 0 aliphatic heterocycles. The molecule has 1 aromatic rings. The van der Waals surface area contributed by atoms with Crippen LogP contribution in [0.4, 0.5) is 0 Å². The first-order valence-electron chi connectivity index (χ1n) is 4.92. The summed E-state index contributed by atoms with van der Waals surface area (Å²) in [6.45, 7) is 4.00. The molecule has 0 radical (unpaired) electrons. The van der Waals surface area contributed by atoms with Crippen molar-refractivity contribution in [3.05, 3.63) is 47.3 Å². The highest BCUT2D eigenvalue weighted by Gasteiger charge is 1.86. The first-order chi connectivity index (χ1) is 7.22. The quantitative estimate of drug-likeness (QED) is 0.544. The number of rotatable bonds is 3. The fourth-order valence-corrected chi connectivity index (χ4v) is 1.14. The molecule has 0 aliphatic rings. The fourth-order valence-electron chi connectivity index (χ4n) is 1.14. The summed E-state index contributed by atoms with van der Waals surface area (Å²) in [5.41, 5.74) is 3.28. The van der Waals surface area contributed by atoms with Gasteiger partial charge in [0, 0.05) is 25.2 Å². The van der Waals surface area contributed by atoms with Crippen LogP contribution in [0.5, 0.6) is 0 Å². The van der Waals surface area contributed by atoms with Gasteiger partial charge in [-0.3, -0.25) is 9.98 Å². The first kappa shape index (κ1) is 11.4. The Morgan fingerprint density at radius 3 is 2.80 bits per heavy atom. The van der Waals surface area contributed by atoms with Crippen molar-refractivity contribution in [2.75, 3.05) is 7.05 Å². The topological polar surface area (TPSA) is 25.2 Å². The molecule has 0 spiro atoms. The molecule has 0 N–H and O–H groups in total. The lowest BCUT2D eigenvalue weighted by Crippen LogP contribution is -1.80. The summed E-state index contributed by atoms with van der Waals surface area (Å²) in [5.74, 6) is 0. The number of hydrogen-bond donors (Lipinski definition) is 0. The Morgan fingerprint density at radius 2 is 2.20 bits per heavy atom. The molecule has 1 heterocycles. The molecule has 15 heavy (non-hydrogen) atoms. The molecule has 0 fully saturated rings. The Kier molecular flexibility index (Phi) is 4.48. The van der Waals surface area contributed by atoms with Crippen LogP contribution in [-0.2, 0) is 0 Å². The molecule has 0 saturated carbocycles. The van der Waals surface area contributed by atoms with Gasteiger partial charge < -0.3 is 0 Å². The van der Waals surface area contributed by atoms with E-state index in [1.165, 1.54) is 0 Å². The summed E-state index contributed by atoms with van der Waals surface area (Å²) in [7, 11) is 1.77. The zero-order valence-corrected chi connectivity index (χ0v) is 9.44. The van der Waals surface area contributed by atoms with Gasteiger partial charge in [0.15, 0.2) is 0 Å². The fraction of sp³-hybridized carbons (Fsp3) is 0.231. The second-order valence-electron chi connectivity index (χ2n) is 3.39. The molecule has 0 amide bonds. The van der Waals surface area contributed by atoms with Gasteiger partial charge in [-0.05, 0) is 31.1 Å². The SMILES string of the molecule is CN=C/C(C)=C\C=C\c1ccc(C)nc1. The molecular formula is C13H16N2. The van der Waals surface area contributed by atoms with Crippen molar-refractivity contribution < 1.29 is 0 Å². The summed E-state index contributed by atoms with van der Waals surface area (Å²) in [6.07, 6.45) is 9.75.